The van der Waals surface area contributed by atoms with Crippen molar-refractivity contribution in [2.75, 3.05) is 13.1 Å². The van der Waals surface area contributed by atoms with E-state index in [2.05, 4.69) is 10.1 Å². The van der Waals surface area contributed by atoms with Gasteiger partial charge >= 0.3 is 0 Å². The number of aromatic nitrogens is 1. The normalized spacial score (nSPS) is 19.2. The van der Waals surface area contributed by atoms with Crippen LogP contribution in [0.2, 0.25) is 0 Å². The van der Waals surface area contributed by atoms with Crippen molar-refractivity contribution in [3.63, 3.8) is 0 Å². The summed E-state index contributed by atoms with van der Waals surface area (Å²) in [5.41, 5.74) is 7.15. The second kappa shape index (κ2) is 4.87. The summed E-state index contributed by atoms with van der Waals surface area (Å²) in [6, 6.07) is -0.387. The van der Waals surface area contributed by atoms with E-state index in [1.807, 2.05) is 13.8 Å². The highest BCUT2D eigenvalue weighted by atomic mass is 16.5. The van der Waals surface area contributed by atoms with Crippen LogP contribution in [0, 0.1) is 13.8 Å². The fourth-order valence-corrected chi connectivity index (χ4v) is 2.56. The zero-order chi connectivity index (χ0) is 12.4. The molecule has 1 atom stereocenters. The van der Waals surface area contributed by atoms with E-state index in [1.54, 1.807) is 0 Å². The zero-order valence-electron chi connectivity index (χ0n) is 10.4. The fourth-order valence-electron chi connectivity index (χ4n) is 2.56. The Morgan fingerprint density at radius 1 is 1.35 bits per heavy atom. The summed E-state index contributed by atoms with van der Waals surface area (Å²) in [6.07, 6.45) is 3.46. The number of piperidine rings is 1. The van der Waals surface area contributed by atoms with E-state index in [4.69, 9.17) is 10.3 Å². The Morgan fingerprint density at radius 3 is 2.47 bits per heavy atom. The summed E-state index contributed by atoms with van der Waals surface area (Å²) in [7, 11) is 0. The molecule has 0 radical (unpaired) electrons. The molecule has 1 aromatic rings. The molecule has 1 unspecified atom stereocenters. The number of rotatable bonds is 3. The Balaban J connectivity index is 2.31. The van der Waals surface area contributed by atoms with Crippen LogP contribution in [-0.4, -0.2) is 29.1 Å². The van der Waals surface area contributed by atoms with Gasteiger partial charge in [0.2, 0.25) is 5.91 Å². The SMILES string of the molecule is Cc1noc(C)c1C(C(N)=O)N1CCCCC1. The van der Waals surface area contributed by atoms with Crippen LogP contribution in [-0.2, 0) is 4.79 Å². The first-order chi connectivity index (χ1) is 8.11. The minimum Gasteiger partial charge on any atom is -0.368 e. The van der Waals surface area contributed by atoms with E-state index in [0.29, 0.717) is 5.76 Å². The lowest BCUT2D eigenvalue weighted by atomic mass is 10.00. The van der Waals surface area contributed by atoms with Gasteiger partial charge in [0.25, 0.3) is 0 Å². The molecular formula is C12H19N3O2. The van der Waals surface area contributed by atoms with Gasteiger partial charge < -0.3 is 10.3 Å². The van der Waals surface area contributed by atoms with E-state index in [0.717, 1.165) is 37.2 Å². The van der Waals surface area contributed by atoms with Gasteiger partial charge in [0.15, 0.2) is 0 Å². The highest BCUT2D eigenvalue weighted by Gasteiger charge is 2.31. The average molecular weight is 237 g/mol. The molecule has 0 aliphatic carbocycles. The van der Waals surface area contributed by atoms with Gasteiger partial charge in [-0.1, -0.05) is 11.6 Å². The monoisotopic (exact) mass is 237 g/mol. The second-order valence-corrected chi connectivity index (χ2v) is 4.64. The van der Waals surface area contributed by atoms with Gasteiger partial charge in [-0.3, -0.25) is 9.69 Å². The van der Waals surface area contributed by atoms with E-state index in [1.165, 1.54) is 6.42 Å². The molecule has 1 fully saturated rings. The Kier molecular flexibility index (Phi) is 3.47. The standard InChI is InChI=1S/C12H19N3O2/c1-8-10(9(2)17-14-8)11(12(13)16)15-6-4-3-5-7-15/h11H,3-7H2,1-2H3,(H2,13,16). The van der Waals surface area contributed by atoms with Gasteiger partial charge in [0, 0.05) is 5.56 Å². The molecular weight excluding hydrogens is 218 g/mol. The number of nitrogens with two attached hydrogens (primary N) is 1. The second-order valence-electron chi connectivity index (χ2n) is 4.64. The molecule has 1 aliphatic rings. The first-order valence-electron chi connectivity index (χ1n) is 6.07. The molecule has 2 heterocycles. The smallest absolute Gasteiger partial charge is 0.239 e. The number of carbonyl (C=O) groups excluding carboxylic acids is 1. The topological polar surface area (TPSA) is 72.4 Å². The van der Waals surface area contributed by atoms with Gasteiger partial charge in [-0.2, -0.15) is 0 Å². The molecule has 1 aromatic heterocycles. The summed E-state index contributed by atoms with van der Waals surface area (Å²) in [4.78, 5) is 13.8. The van der Waals surface area contributed by atoms with Gasteiger partial charge in [-0.15, -0.1) is 0 Å². The maximum Gasteiger partial charge on any atom is 0.239 e. The van der Waals surface area contributed by atoms with Crippen molar-refractivity contribution in [1.29, 1.82) is 0 Å². The van der Waals surface area contributed by atoms with Gasteiger partial charge in [-0.05, 0) is 39.8 Å². The quantitative estimate of drug-likeness (QED) is 0.860. The summed E-state index contributed by atoms with van der Waals surface area (Å²) in [6.45, 7) is 5.51. The fraction of sp³-hybridized carbons (Fsp3) is 0.667. The van der Waals surface area contributed by atoms with Gasteiger partial charge in [0.1, 0.15) is 11.8 Å². The van der Waals surface area contributed by atoms with Gasteiger partial charge in [-0.25, -0.2) is 0 Å². The van der Waals surface area contributed by atoms with Crippen LogP contribution in [0.3, 0.4) is 0 Å². The average Bonchev–Trinajstić information content (AvgIpc) is 2.62. The Labute approximate surface area is 101 Å². The van der Waals surface area contributed by atoms with Crippen LogP contribution in [0.4, 0.5) is 0 Å². The molecule has 0 aromatic carbocycles. The molecule has 17 heavy (non-hydrogen) atoms. The molecule has 2 N–H and O–H groups in total. The van der Waals surface area contributed by atoms with E-state index >= 15 is 0 Å². The van der Waals surface area contributed by atoms with Crippen molar-refractivity contribution in [2.24, 2.45) is 5.73 Å². The first-order valence-corrected chi connectivity index (χ1v) is 6.07. The maximum atomic E-state index is 11.7. The van der Waals surface area contributed by atoms with Crippen molar-refractivity contribution < 1.29 is 9.32 Å². The van der Waals surface area contributed by atoms with Crippen molar-refractivity contribution in [3.8, 4) is 0 Å². The first kappa shape index (κ1) is 12.1. The number of primary amides is 1. The third kappa shape index (κ3) is 2.34. The minimum atomic E-state index is -0.387. The van der Waals surface area contributed by atoms with Crippen molar-refractivity contribution in [2.45, 2.75) is 39.2 Å². The Bertz CT molecular complexity index is 388. The number of hydrogen-bond donors (Lipinski definition) is 1. The molecule has 1 amide bonds. The van der Waals surface area contributed by atoms with Crippen LogP contribution in [0.15, 0.2) is 4.52 Å². The Hall–Kier alpha value is -1.36. The lowest BCUT2D eigenvalue weighted by Crippen LogP contribution is -2.41. The van der Waals surface area contributed by atoms with Crippen LogP contribution in [0.25, 0.3) is 0 Å². The van der Waals surface area contributed by atoms with E-state index < -0.39 is 0 Å². The number of amides is 1. The van der Waals surface area contributed by atoms with Gasteiger partial charge in [0.05, 0.1) is 5.69 Å². The molecule has 2 rings (SSSR count). The summed E-state index contributed by atoms with van der Waals surface area (Å²) in [5.74, 6) is 0.373. The predicted octanol–water partition coefficient (Wildman–Crippen LogP) is 1.30. The van der Waals surface area contributed by atoms with Crippen LogP contribution in [0.5, 0.6) is 0 Å². The highest BCUT2D eigenvalue weighted by molar-refractivity contribution is 5.82. The molecule has 5 heteroatoms. The number of likely N-dealkylation sites (tertiary alicyclic amines) is 1. The number of nitrogens with zero attached hydrogens (tertiary/aromatic N) is 2. The molecule has 1 saturated heterocycles. The minimum absolute atomic E-state index is 0.318. The van der Waals surface area contributed by atoms with Crippen LogP contribution >= 0.6 is 0 Å². The number of hydrogen-bond acceptors (Lipinski definition) is 4. The Morgan fingerprint density at radius 2 is 2.00 bits per heavy atom. The molecule has 0 bridgehead atoms. The lowest BCUT2D eigenvalue weighted by Gasteiger charge is -2.32. The molecule has 94 valence electrons. The molecule has 1 aliphatic heterocycles. The highest BCUT2D eigenvalue weighted by Crippen LogP contribution is 2.28. The summed E-state index contributed by atoms with van der Waals surface area (Å²) in [5, 5.41) is 3.90. The van der Waals surface area contributed by atoms with Crippen molar-refractivity contribution >= 4 is 5.91 Å². The molecule has 5 nitrogen and oxygen atoms in total. The zero-order valence-corrected chi connectivity index (χ0v) is 10.4. The van der Waals surface area contributed by atoms with Crippen LogP contribution < -0.4 is 5.73 Å². The van der Waals surface area contributed by atoms with E-state index in [9.17, 15) is 4.79 Å². The number of aryl methyl sites for hydroxylation is 2. The lowest BCUT2D eigenvalue weighted by molar-refractivity contribution is -0.123. The van der Waals surface area contributed by atoms with Crippen LogP contribution in [0.1, 0.15) is 42.3 Å². The van der Waals surface area contributed by atoms with Crippen molar-refractivity contribution in [3.05, 3.63) is 17.0 Å². The third-order valence-electron chi connectivity index (χ3n) is 3.39. The molecule has 0 saturated carbocycles. The van der Waals surface area contributed by atoms with E-state index in [-0.39, 0.29) is 11.9 Å². The maximum absolute atomic E-state index is 11.7. The summed E-state index contributed by atoms with van der Waals surface area (Å²) < 4.78 is 5.13. The number of carbonyl (C=O) groups is 1. The molecule has 0 spiro atoms. The van der Waals surface area contributed by atoms with Crippen molar-refractivity contribution in [1.82, 2.24) is 10.1 Å². The largest absolute Gasteiger partial charge is 0.368 e. The third-order valence-corrected chi connectivity index (χ3v) is 3.39. The predicted molar refractivity (Wildman–Crippen MR) is 63.3 cm³/mol. The summed E-state index contributed by atoms with van der Waals surface area (Å²) >= 11 is 0.